The maximum absolute atomic E-state index is 13.5. The van der Waals surface area contributed by atoms with Crippen molar-refractivity contribution in [3.05, 3.63) is 28.8 Å². The fourth-order valence-corrected chi connectivity index (χ4v) is 1.39. The van der Waals surface area contributed by atoms with Gasteiger partial charge in [-0.3, -0.25) is 0 Å². The molecule has 1 rings (SSSR count). The van der Waals surface area contributed by atoms with E-state index >= 15 is 0 Å². The molecule has 1 aromatic rings. The molecular weight excluding hydrogens is 227 g/mol. The Morgan fingerprint density at radius 2 is 2.07 bits per heavy atom. The number of halogens is 4. The zero-order valence-corrected chi connectivity index (χ0v) is 9.13. The molecule has 0 bridgehead atoms. The summed E-state index contributed by atoms with van der Waals surface area (Å²) in [5, 5.41) is -0.428. The quantitative estimate of drug-likeness (QED) is 0.811. The van der Waals surface area contributed by atoms with Crippen LogP contribution < -0.4 is 0 Å². The van der Waals surface area contributed by atoms with E-state index in [1.165, 1.54) is 0 Å². The third kappa shape index (κ3) is 2.20. The van der Waals surface area contributed by atoms with Gasteiger partial charge in [-0.1, -0.05) is 18.2 Å². The summed E-state index contributed by atoms with van der Waals surface area (Å²) in [6.45, 7) is 5.43. The standard InChI is InChI=1S/C10H11ClF3N/c1-4-5-7(12)6(11)8(15-5)9(13)10(2,3)14/h4,9,15H,1H2,2-3H3. The van der Waals surface area contributed by atoms with Crippen LogP contribution in [0.3, 0.4) is 0 Å². The van der Waals surface area contributed by atoms with Crippen LogP contribution in [0.2, 0.25) is 5.02 Å². The van der Waals surface area contributed by atoms with E-state index in [-0.39, 0.29) is 11.4 Å². The molecular formula is C10H11ClF3N. The summed E-state index contributed by atoms with van der Waals surface area (Å²) >= 11 is 5.53. The van der Waals surface area contributed by atoms with Crippen LogP contribution >= 0.6 is 11.6 Å². The third-order valence-electron chi connectivity index (χ3n) is 2.00. The Bertz CT molecular complexity index is 379. The minimum absolute atomic E-state index is 0.0399. The van der Waals surface area contributed by atoms with Gasteiger partial charge in [-0.05, 0) is 19.9 Å². The molecule has 0 aliphatic rings. The molecule has 0 radical (unpaired) electrons. The van der Waals surface area contributed by atoms with Crippen LogP contribution in [-0.2, 0) is 0 Å². The van der Waals surface area contributed by atoms with Gasteiger partial charge >= 0.3 is 0 Å². The van der Waals surface area contributed by atoms with Crippen LogP contribution in [0.5, 0.6) is 0 Å². The van der Waals surface area contributed by atoms with Gasteiger partial charge in [0.15, 0.2) is 12.0 Å². The smallest absolute Gasteiger partial charge is 0.175 e. The molecule has 0 saturated heterocycles. The highest BCUT2D eigenvalue weighted by atomic mass is 35.5. The largest absolute Gasteiger partial charge is 0.353 e. The van der Waals surface area contributed by atoms with Crippen molar-refractivity contribution in [3.63, 3.8) is 0 Å². The van der Waals surface area contributed by atoms with Crippen LogP contribution in [0.15, 0.2) is 6.58 Å². The highest BCUT2D eigenvalue weighted by Crippen LogP contribution is 2.37. The maximum Gasteiger partial charge on any atom is 0.175 e. The van der Waals surface area contributed by atoms with Crippen LogP contribution in [-0.4, -0.2) is 10.7 Å². The summed E-state index contributed by atoms with van der Waals surface area (Å²) < 4.78 is 40.1. The van der Waals surface area contributed by atoms with Crippen molar-refractivity contribution < 1.29 is 13.2 Å². The van der Waals surface area contributed by atoms with E-state index in [1.807, 2.05) is 0 Å². The predicted octanol–water partition coefficient (Wildman–Crippen LogP) is 4.21. The molecule has 0 aromatic carbocycles. The molecule has 1 nitrogen and oxygen atoms in total. The van der Waals surface area contributed by atoms with Gasteiger partial charge in [0.1, 0.15) is 10.7 Å². The van der Waals surface area contributed by atoms with Crippen molar-refractivity contribution >= 4 is 17.7 Å². The second-order valence-corrected chi connectivity index (χ2v) is 4.09. The summed E-state index contributed by atoms with van der Waals surface area (Å²) in [5.74, 6) is -0.812. The molecule has 0 fully saturated rings. The molecule has 1 aromatic heterocycles. The number of nitrogens with one attached hydrogen (secondary N) is 1. The first kappa shape index (κ1) is 12.2. The van der Waals surface area contributed by atoms with E-state index in [0.717, 1.165) is 19.9 Å². The van der Waals surface area contributed by atoms with Gasteiger partial charge in [-0.2, -0.15) is 0 Å². The van der Waals surface area contributed by atoms with Gasteiger partial charge < -0.3 is 4.98 Å². The van der Waals surface area contributed by atoms with Gasteiger partial charge in [0.25, 0.3) is 0 Å². The van der Waals surface area contributed by atoms with Gasteiger partial charge in [-0.15, -0.1) is 0 Å². The Hall–Kier alpha value is -0.900. The average molecular weight is 238 g/mol. The van der Waals surface area contributed by atoms with E-state index in [0.29, 0.717) is 0 Å². The molecule has 5 heteroatoms. The minimum atomic E-state index is -2.13. The SMILES string of the molecule is C=Cc1[nH]c(C(F)C(C)(C)F)c(Cl)c1F. The summed E-state index contributed by atoms with van der Waals surface area (Å²) in [6.07, 6.45) is -0.851. The first-order chi connectivity index (χ1) is 6.79. The number of hydrogen-bond donors (Lipinski definition) is 1. The lowest BCUT2D eigenvalue weighted by Crippen LogP contribution is -2.20. The summed E-state index contributed by atoms with van der Waals surface area (Å²) in [7, 11) is 0. The molecule has 1 atom stereocenters. The van der Waals surface area contributed by atoms with Crippen molar-refractivity contribution in [1.29, 1.82) is 0 Å². The lowest BCUT2D eigenvalue weighted by atomic mass is 10.0. The Morgan fingerprint density at radius 1 is 1.53 bits per heavy atom. The van der Waals surface area contributed by atoms with Gasteiger partial charge in [0, 0.05) is 0 Å². The highest BCUT2D eigenvalue weighted by Gasteiger charge is 2.34. The fourth-order valence-electron chi connectivity index (χ4n) is 1.15. The van der Waals surface area contributed by atoms with Crippen LogP contribution in [0, 0.1) is 5.82 Å². The molecule has 1 heterocycles. The molecule has 84 valence electrons. The fraction of sp³-hybridized carbons (Fsp3) is 0.400. The first-order valence-corrected chi connectivity index (χ1v) is 4.69. The van der Waals surface area contributed by atoms with Crippen LogP contribution in [0.4, 0.5) is 13.2 Å². The van der Waals surface area contributed by atoms with E-state index in [4.69, 9.17) is 11.6 Å². The lowest BCUT2D eigenvalue weighted by molar-refractivity contribution is 0.0827. The maximum atomic E-state index is 13.5. The van der Waals surface area contributed by atoms with Crippen molar-refractivity contribution in [2.45, 2.75) is 25.7 Å². The van der Waals surface area contributed by atoms with Crippen LogP contribution in [0.25, 0.3) is 6.08 Å². The van der Waals surface area contributed by atoms with Gasteiger partial charge in [0.2, 0.25) is 0 Å². The number of alkyl halides is 2. The Balaban J connectivity index is 3.21. The van der Waals surface area contributed by atoms with E-state index in [9.17, 15) is 13.2 Å². The second kappa shape index (κ2) is 3.93. The highest BCUT2D eigenvalue weighted by molar-refractivity contribution is 6.31. The normalized spacial score (nSPS) is 14.0. The number of aromatic nitrogens is 1. The minimum Gasteiger partial charge on any atom is -0.353 e. The third-order valence-corrected chi connectivity index (χ3v) is 2.36. The molecule has 0 aliphatic carbocycles. The number of rotatable bonds is 3. The summed E-state index contributed by atoms with van der Waals surface area (Å²) in [6, 6.07) is 0. The van der Waals surface area contributed by atoms with Crippen molar-refractivity contribution in [2.75, 3.05) is 0 Å². The van der Waals surface area contributed by atoms with E-state index < -0.39 is 22.7 Å². The summed E-state index contributed by atoms with van der Waals surface area (Å²) in [5.41, 5.74) is -2.46. The Morgan fingerprint density at radius 3 is 2.40 bits per heavy atom. The Labute approximate surface area is 90.9 Å². The monoisotopic (exact) mass is 237 g/mol. The zero-order valence-electron chi connectivity index (χ0n) is 8.37. The molecule has 0 amide bonds. The number of aromatic amines is 1. The molecule has 1 N–H and O–H groups in total. The van der Waals surface area contributed by atoms with Gasteiger partial charge in [0.05, 0.1) is 11.4 Å². The van der Waals surface area contributed by atoms with Crippen molar-refractivity contribution in [2.24, 2.45) is 0 Å². The van der Waals surface area contributed by atoms with Crippen molar-refractivity contribution in [3.8, 4) is 0 Å². The topological polar surface area (TPSA) is 15.8 Å². The van der Waals surface area contributed by atoms with Crippen molar-refractivity contribution in [1.82, 2.24) is 4.98 Å². The summed E-state index contributed by atoms with van der Waals surface area (Å²) in [4.78, 5) is 2.37. The van der Waals surface area contributed by atoms with Gasteiger partial charge in [-0.25, -0.2) is 13.2 Å². The first-order valence-electron chi connectivity index (χ1n) is 4.31. The molecule has 0 aliphatic heterocycles. The Kier molecular flexibility index (Phi) is 3.19. The van der Waals surface area contributed by atoms with E-state index in [2.05, 4.69) is 11.6 Å². The zero-order chi connectivity index (χ0) is 11.8. The molecule has 1 unspecified atom stereocenters. The van der Waals surface area contributed by atoms with Crippen LogP contribution in [0.1, 0.15) is 31.4 Å². The lowest BCUT2D eigenvalue weighted by Gasteiger charge is -2.18. The molecule has 15 heavy (non-hydrogen) atoms. The second-order valence-electron chi connectivity index (χ2n) is 3.71. The number of H-pyrrole nitrogens is 1. The average Bonchev–Trinajstić information content (AvgIpc) is 2.41. The molecule has 0 spiro atoms. The number of hydrogen-bond acceptors (Lipinski definition) is 0. The van der Waals surface area contributed by atoms with E-state index in [1.54, 1.807) is 0 Å². The predicted molar refractivity (Wildman–Crippen MR) is 54.9 cm³/mol. The molecule has 0 saturated carbocycles.